The van der Waals surface area contributed by atoms with Crippen LogP contribution >= 0.6 is 0 Å². The minimum absolute atomic E-state index is 0.203. The predicted molar refractivity (Wildman–Crippen MR) is 87.0 cm³/mol. The van der Waals surface area contributed by atoms with Gasteiger partial charge in [0.2, 0.25) is 10.0 Å². The van der Waals surface area contributed by atoms with Crippen molar-refractivity contribution >= 4 is 21.6 Å². The fourth-order valence-corrected chi connectivity index (χ4v) is 4.49. The maximum atomic E-state index is 12.6. The van der Waals surface area contributed by atoms with E-state index in [1.807, 2.05) is 0 Å². The molecule has 0 bridgehead atoms. The Labute approximate surface area is 136 Å². The molecule has 0 radical (unpaired) electrons. The van der Waals surface area contributed by atoms with Gasteiger partial charge in [-0.05, 0) is 43.9 Å². The van der Waals surface area contributed by atoms with E-state index < -0.39 is 16.1 Å². The lowest BCUT2D eigenvalue weighted by Gasteiger charge is -2.26. The summed E-state index contributed by atoms with van der Waals surface area (Å²) in [5, 5.41) is 2.78. The number of rotatable bonds is 5. The van der Waals surface area contributed by atoms with Crippen LogP contribution in [0.1, 0.15) is 39.0 Å². The lowest BCUT2D eigenvalue weighted by atomic mass is 10.1. The van der Waals surface area contributed by atoms with E-state index in [4.69, 9.17) is 4.74 Å². The fourth-order valence-electron chi connectivity index (χ4n) is 2.95. The van der Waals surface area contributed by atoms with Crippen molar-refractivity contribution < 1.29 is 17.9 Å². The summed E-state index contributed by atoms with van der Waals surface area (Å²) >= 11 is 0. The smallest absolute Gasteiger partial charge is 0.265 e. The highest BCUT2D eigenvalue weighted by molar-refractivity contribution is 7.89. The van der Waals surface area contributed by atoms with Crippen LogP contribution in [-0.2, 0) is 14.8 Å². The zero-order chi connectivity index (χ0) is 16.4. The third-order valence-corrected chi connectivity index (χ3v) is 6.19. The van der Waals surface area contributed by atoms with Crippen LogP contribution in [0.2, 0.25) is 0 Å². The topological polar surface area (TPSA) is 75.7 Å². The van der Waals surface area contributed by atoms with Gasteiger partial charge >= 0.3 is 0 Å². The van der Waals surface area contributed by atoms with Crippen LogP contribution in [0.3, 0.4) is 0 Å². The maximum Gasteiger partial charge on any atom is 0.265 e. The van der Waals surface area contributed by atoms with E-state index in [1.165, 1.54) is 10.4 Å². The molecule has 23 heavy (non-hydrogen) atoms. The van der Waals surface area contributed by atoms with Crippen molar-refractivity contribution in [2.45, 2.75) is 50.0 Å². The molecule has 3 rings (SSSR count). The molecule has 2 aliphatic heterocycles. The first-order valence-corrected chi connectivity index (χ1v) is 9.58. The lowest BCUT2D eigenvalue weighted by molar-refractivity contribution is -0.123. The highest BCUT2D eigenvalue weighted by atomic mass is 32.2. The van der Waals surface area contributed by atoms with Gasteiger partial charge in [0.1, 0.15) is 5.75 Å². The van der Waals surface area contributed by atoms with E-state index in [2.05, 4.69) is 12.2 Å². The van der Waals surface area contributed by atoms with E-state index in [0.717, 1.165) is 25.7 Å². The predicted octanol–water partition coefficient (Wildman–Crippen LogP) is 2.36. The zero-order valence-electron chi connectivity index (χ0n) is 13.2. The quantitative estimate of drug-likeness (QED) is 0.894. The number of carbonyl (C=O) groups excluding carboxylic acids is 1. The zero-order valence-corrected chi connectivity index (χ0v) is 14.1. The average Bonchev–Trinajstić information content (AvgIpc) is 3.07. The molecule has 0 saturated carbocycles. The van der Waals surface area contributed by atoms with Gasteiger partial charge in [0.05, 0.1) is 10.6 Å². The molecule has 1 fully saturated rings. The van der Waals surface area contributed by atoms with E-state index in [-0.39, 0.29) is 10.8 Å². The molecule has 2 aliphatic rings. The average molecular weight is 338 g/mol. The van der Waals surface area contributed by atoms with Crippen LogP contribution in [0.15, 0.2) is 23.1 Å². The molecule has 1 saturated heterocycles. The molecular formula is C16H22N2O4S. The summed E-state index contributed by atoms with van der Waals surface area (Å²) in [7, 11) is -3.49. The molecule has 1 unspecified atom stereocenters. The van der Waals surface area contributed by atoms with Crippen LogP contribution < -0.4 is 10.1 Å². The van der Waals surface area contributed by atoms with Gasteiger partial charge in [-0.15, -0.1) is 0 Å². The molecular weight excluding hydrogens is 316 g/mol. The summed E-state index contributed by atoms with van der Waals surface area (Å²) < 4.78 is 32.4. The summed E-state index contributed by atoms with van der Waals surface area (Å²) in [5.41, 5.74) is 0.433. The Balaban J connectivity index is 1.83. The van der Waals surface area contributed by atoms with Gasteiger partial charge in [-0.1, -0.05) is 13.3 Å². The van der Waals surface area contributed by atoms with E-state index in [1.54, 1.807) is 12.1 Å². The number of nitrogens with zero attached hydrogens (tertiary/aromatic N) is 1. The number of hydrogen-bond acceptors (Lipinski definition) is 4. The summed E-state index contributed by atoms with van der Waals surface area (Å²) in [5.74, 6) is 0.327. The van der Waals surface area contributed by atoms with Crippen molar-refractivity contribution in [2.75, 3.05) is 18.4 Å². The molecule has 126 valence electrons. The largest absolute Gasteiger partial charge is 0.478 e. The van der Waals surface area contributed by atoms with Gasteiger partial charge < -0.3 is 10.1 Å². The van der Waals surface area contributed by atoms with Gasteiger partial charge in [0.25, 0.3) is 5.91 Å². The summed E-state index contributed by atoms with van der Waals surface area (Å²) in [6.07, 6.45) is 3.85. The Morgan fingerprint density at radius 3 is 2.74 bits per heavy atom. The van der Waals surface area contributed by atoms with Gasteiger partial charge in [-0.2, -0.15) is 4.31 Å². The van der Waals surface area contributed by atoms with Crippen LogP contribution in [0, 0.1) is 0 Å². The number of ether oxygens (including phenoxy) is 1. The third kappa shape index (κ3) is 3.21. The van der Waals surface area contributed by atoms with Gasteiger partial charge in [0, 0.05) is 13.1 Å². The van der Waals surface area contributed by atoms with Crippen molar-refractivity contribution in [3.8, 4) is 5.75 Å². The number of hydrogen-bond donors (Lipinski definition) is 1. The van der Waals surface area contributed by atoms with E-state index in [9.17, 15) is 13.2 Å². The fraction of sp³-hybridized carbons (Fsp3) is 0.562. The Bertz CT molecular complexity index is 696. The highest BCUT2D eigenvalue weighted by Gasteiger charge is 2.31. The van der Waals surface area contributed by atoms with Gasteiger partial charge in [0.15, 0.2) is 6.10 Å². The second-order valence-corrected chi connectivity index (χ2v) is 7.95. The minimum atomic E-state index is -3.49. The molecule has 0 aliphatic carbocycles. The number of anilines is 1. The number of benzene rings is 1. The van der Waals surface area contributed by atoms with Crippen LogP contribution in [0.5, 0.6) is 5.75 Å². The number of fused-ring (bicyclic) bond motifs is 1. The third-order valence-electron chi connectivity index (χ3n) is 4.29. The van der Waals surface area contributed by atoms with Crippen molar-refractivity contribution in [2.24, 2.45) is 0 Å². The van der Waals surface area contributed by atoms with Crippen LogP contribution in [0.4, 0.5) is 5.69 Å². The number of carbonyl (C=O) groups is 1. The number of nitrogens with one attached hydrogen (secondary N) is 1. The molecule has 1 atom stereocenters. The second kappa shape index (κ2) is 6.49. The Morgan fingerprint density at radius 1 is 1.30 bits per heavy atom. The summed E-state index contributed by atoms with van der Waals surface area (Å²) in [6, 6.07) is 4.69. The van der Waals surface area contributed by atoms with E-state index in [0.29, 0.717) is 30.9 Å². The molecule has 1 amide bonds. The van der Waals surface area contributed by atoms with Crippen molar-refractivity contribution in [1.29, 1.82) is 0 Å². The van der Waals surface area contributed by atoms with Crippen molar-refractivity contribution in [1.82, 2.24) is 4.31 Å². The number of amides is 1. The monoisotopic (exact) mass is 338 g/mol. The number of sulfonamides is 1. The highest BCUT2D eigenvalue weighted by Crippen LogP contribution is 2.34. The van der Waals surface area contributed by atoms with Crippen LogP contribution in [0.25, 0.3) is 0 Å². The van der Waals surface area contributed by atoms with Gasteiger partial charge in [-0.25, -0.2) is 8.42 Å². The Kier molecular flexibility index (Phi) is 4.59. The van der Waals surface area contributed by atoms with Crippen LogP contribution in [-0.4, -0.2) is 37.8 Å². The molecule has 0 aromatic heterocycles. The molecule has 7 heteroatoms. The molecule has 1 N–H and O–H groups in total. The normalized spacial score (nSPS) is 21.6. The first-order valence-electron chi connectivity index (χ1n) is 8.14. The minimum Gasteiger partial charge on any atom is -0.478 e. The molecule has 2 heterocycles. The lowest BCUT2D eigenvalue weighted by Crippen LogP contribution is -2.37. The van der Waals surface area contributed by atoms with Gasteiger partial charge in [-0.3, -0.25) is 4.79 Å². The Morgan fingerprint density at radius 2 is 2.04 bits per heavy atom. The first-order chi connectivity index (χ1) is 11.0. The number of unbranched alkanes of at least 4 members (excludes halogenated alkanes) is 1. The Hall–Kier alpha value is -1.60. The van der Waals surface area contributed by atoms with Crippen molar-refractivity contribution in [3.63, 3.8) is 0 Å². The SMILES string of the molecule is CCCCC1Oc2ccc(S(=O)(=O)N3CCCC3)cc2NC1=O. The maximum absolute atomic E-state index is 12.6. The van der Waals surface area contributed by atoms with E-state index >= 15 is 0 Å². The second-order valence-electron chi connectivity index (χ2n) is 6.01. The molecule has 1 aromatic carbocycles. The standard InChI is InChI=1S/C16H22N2O4S/c1-2-3-6-15-16(19)17-13-11-12(7-8-14(13)22-15)23(20,21)18-9-4-5-10-18/h7-8,11,15H,2-6,9-10H2,1H3,(H,17,19). The molecule has 0 spiro atoms. The van der Waals surface area contributed by atoms with Crippen molar-refractivity contribution in [3.05, 3.63) is 18.2 Å². The summed E-state index contributed by atoms with van der Waals surface area (Å²) in [6.45, 7) is 3.17. The molecule has 1 aromatic rings. The molecule has 6 nitrogen and oxygen atoms in total. The summed E-state index contributed by atoms with van der Waals surface area (Å²) in [4.78, 5) is 12.3. The first kappa shape index (κ1) is 16.3.